The van der Waals surface area contributed by atoms with Gasteiger partial charge in [0.25, 0.3) is 0 Å². The number of benzene rings is 1. The zero-order valence-electron chi connectivity index (χ0n) is 9.87. The first-order chi connectivity index (χ1) is 7.58. The van der Waals surface area contributed by atoms with Gasteiger partial charge in [-0.05, 0) is 38.0 Å². The van der Waals surface area contributed by atoms with Crippen LogP contribution >= 0.6 is 0 Å². The predicted octanol–water partition coefficient (Wildman–Crippen LogP) is 2.67. The van der Waals surface area contributed by atoms with Gasteiger partial charge in [0.1, 0.15) is 5.78 Å². The number of carbonyl (C=O) groups is 1. The number of ketones is 1. The van der Waals surface area contributed by atoms with Crippen LogP contribution in [-0.4, -0.2) is 12.6 Å². The van der Waals surface area contributed by atoms with Crippen molar-refractivity contribution >= 4 is 5.78 Å². The summed E-state index contributed by atoms with van der Waals surface area (Å²) in [5.74, 6) is 1.66. The molecule has 3 heteroatoms. The van der Waals surface area contributed by atoms with Gasteiger partial charge < -0.3 is 9.47 Å². The highest BCUT2D eigenvalue weighted by Crippen LogP contribution is 2.37. The van der Waals surface area contributed by atoms with Gasteiger partial charge in [0.15, 0.2) is 11.5 Å². The summed E-state index contributed by atoms with van der Waals surface area (Å²) in [5.41, 5.74) is 0.563. The standard InChI is InChI=1S/C13H16O3/c1-4-13(3,9(2)14)10-5-6-11-12(7-10)16-8-15-11/h5-7H,4,8H2,1-3H3. The minimum atomic E-state index is -0.430. The van der Waals surface area contributed by atoms with Crippen molar-refractivity contribution in [3.63, 3.8) is 0 Å². The second kappa shape index (κ2) is 3.81. The summed E-state index contributed by atoms with van der Waals surface area (Å²) < 4.78 is 10.6. The van der Waals surface area contributed by atoms with E-state index in [1.54, 1.807) is 6.92 Å². The molecule has 1 unspecified atom stereocenters. The molecular weight excluding hydrogens is 204 g/mol. The Labute approximate surface area is 95.4 Å². The first-order valence-corrected chi connectivity index (χ1v) is 5.49. The van der Waals surface area contributed by atoms with Gasteiger partial charge in [-0.25, -0.2) is 0 Å². The predicted molar refractivity (Wildman–Crippen MR) is 60.9 cm³/mol. The summed E-state index contributed by atoms with van der Waals surface area (Å²) in [4.78, 5) is 11.7. The number of fused-ring (bicyclic) bond motifs is 1. The maximum absolute atomic E-state index is 11.7. The quantitative estimate of drug-likeness (QED) is 0.785. The lowest BCUT2D eigenvalue weighted by molar-refractivity contribution is -0.122. The van der Waals surface area contributed by atoms with E-state index < -0.39 is 5.41 Å². The van der Waals surface area contributed by atoms with Gasteiger partial charge in [-0.1, -0.05) is 13.0 Å². The molecule has 3 nitrogen and oxygen atoms in total. The smallest absolute Gasteiger partial charge is 0.231 e. The molecule has 16 heavy (non-hydrogen) atoms. The molecule has 0 aliphatic carbocycles. The molecule has 0 saturated heterocycles. The second-order valence-corrected chi connectivity index (χ2v) is 4.31. The fraction of sp³-hybridized carbons (Fsp3) is 0.462. The molecule has 1 aliphatic rings. The molecule has 0 amide bonds. The molecule has 1 aromatic carbocycles. The minimum Gasteiger partial charge on any atom is -0.454 e. The van der Waals surface area contributed by atoms with Gasteiger partial charge in [0.05, 0.1) is 5.41 Å². The molecule has 0 bridgehead atoms. The Morgan fingerprint density at radius 3 is 2.69 bits per heavy atom. The fourth-order valence-corrected chi connectivity index (χ4v) is 1.90. The van der Waals surface area contributed by atoms with E-state index in [0.717, 1.165) is 23.5 Å². The maximum atomic E-state index is 11.7. The number of hydrogen-bond donors (Lipinski definition) is 0. The highest BCUT2D eigenvalue weighted by molar-refractivity contribution is 5.87. The normalized spacial score (nSPS) is 16.9. The maximum Gasteiger partial charge on any atom is 0.231 e. The van der Waals surface area contributed by atoms with E-state index in [0.29, 0.717) is 0 Å². The van der Waals surface area contributed by atoms with Crippen molar-refractivity contribution in [3.8, 4) is 11.5 Å². The van der Waals surface area contributed by atoms with Crippen LogP contribution in [0.4, 0.5) is 0 Å². The molecule has 0 spiro atoms. The van der Waals surface area contributed by atoms with Crippen molar-refractivity contribution in [2.24, 2.45) is 0 Å². The first kappa shape index (κ1) is 11.0. The van der Waals surface area contributed by atoms with Crippen molar-refractivity contribution < 1.29 is 14.3 Å². The van der Waals surface area contributed by atoms with Gasteiger partial charge in [0, 0.05) is 0 Å². The zero-order chi connectivity index (χ0) is 11.8. The highest BCUT2D eigenvalue weighted by atomic mass is 16.7. The molecule has 1 aromatic rings. The molecule has 2 rings (SSSR count). The molecule has 0 N–H and O–H groups in total. The van der Waals surface area contributed by atoms with E-state index in [-0.39, 0.29) is 12.6 Å². The van der Waals surface area contributed by atoms with E-state index in [1.807, 2.05) is 32.0 Å². The van der Waals surface area contributed by atoms with Crippen molar-refractivity contribution in [1.82, 2.24) is 0 Å². The molecule has 86 valence electrons. The minimum absolute atomic E-state index is 0.175. The van der Waals surface area contributed by atoms with Crippen LogP contribution < -0.4 is 9.47 Å². The van der Waals surface area contributed by atoms with E-state index in [2.05, 4.69) is 0 Å². The number of rotatable bonds is 3. The average Bonchev–Trinajstić information content (AvgIpc) is 2.74. The second-order valence-electron chi connectivity index (χ2n) is 4.31. The zero-order valence-corrected chi connectivity index (χ0v) is 9.87. The Balaban J connectivity index is 2.44. The Kier molecular flexibility index (Phi) is 2.62. The van der Waals surface area contributed by atoms with Gasteiger partial charge in [0.2, 0.25) is 6.79 Å². The molecule has 0 aromatic heterocycles. The largest absolute Gasteiger partial charge is 0.454 e. The van der Waals surface area contributed by atoms with Crippen molar-refractivity contribution in [1.29, 1.82) is 0 Å². The van der Waals surface area contributed by atoms with Crippen molar-refractivity contribution in [3.05, 3.63) is 23.8 Å². The summed E-state index contributed by atoms with van der Waals surface area (Å²) >= 11 is 0. The highest BCUT2D eigenvalue weighted by Gasteiger charge is 2.31. The Morgan fingerprint density at radius 2 is 2.06 bits per heavy atom. The van der Waals surface area contributed by atoms with Crippen LogP contribution in [0.15, 0.2) is 18.2 Å². The topological polar surface area (TPSA) is 35.5 Å². The van der Waals surface area contributed by atoms with Crippen LogP contribution in [0.2, 0.25) is 0 Å². The third-order valence-electron chi connectivity index (χ3n) is 3.49. The van der Waals surface area contributed by atoms with Gasteiger partial charge in [-0.2, -0.15) is 0 Å². The number of Topliss-reactive ketones (excluding diaryl/α,β-unsaturated/α-hetero) is 1. The average molecular weight is 220 g/mol. The van der Waals surface area contributed by atoms with E-state index in [4.69, 9.17) is 9.47 Å². The summed E-state index contributed by atoms with van der Waals surface area (Å²) in [5, 5.41) is 0. The number of hydrogen-bond acceptors (Lipinski definition) is 3. The summed E-state index contributed by atoms with van der Waals surface area (Å²) in [6.07, 6.45) is 0.780. The van der Waals surface area contributed by atoms with Crippen LogP contribution in [0, 0.1) is 0 Å². The summed E-state index contributed by atoms with van der Waals surface area (Å²) in [6.45, 7) is 5.88. The Hall–Kier alpha value is -1.51. The van der Waals surface area contributed by atoms with Crippen LogP contribution in [0.5, 0.6) is 11.5 Å². The molecule has 0 saturated carbocycles. The number of carbonyl (C=O) groups excluding carboxylic acids is 1. The van der Waals surface area contributed by atoms with E-state index in [1.165, 1.54) is 0 Å². The first-order valence-electron chi connectivity index (χ1n) is 5.49. The number of ether oxygens (including phenoxy) is 2. The van der Waals surface area contributed by atoms with E-state index in [9.17, 15) is 4.79 Å². The lowest BCUT2D eigenvalue weighted by Gasteiger charge is -2.25. The van der Waals surface area contributed by atoms with Crippen LogP contribution in [0.25, 0.3) is 0 Å². The fourth-order valence-electron chi connectivity index (χ4n) is 1.90. The lowest BCUT2D eigenvalue weighted by atomic mass is 9.77. The summed E-state index contributed by atoms with van der Waals surface area (Å²) in [6, 6.07) is 5.72. The van der Waals surface area contributed by atoms with Crippen molar-refractivity contribution in [2.75, 3.05) is 6.79 Å². The molecule has 1 aliphatic heterocycles. The van der Waals surface area contributed by atoms with Gasteiger partial charge in [-0.3, -0.25) is 4.79 Å². The van der Waals surface area contributed by atoms with Gasteiger partial charge in [-0.15, -0.1) is 0 Å². The molecule has 1 heterocycles. The van der Waals surface area contributed by atoms with Gasteiger partial charge >= 0.3 is 0 Å². The third kappa shape index (κ3) is 1.56. The molecule has 0 radical (unpaired) electrons. The lowest BCUT2D eigenvalue weighted by Crippen LogP contribution is -2.29. The van der Waals surface area contributed by atoms with Crippen molar-refractivity contribution in [2.45, 2.75) is 32.6 Å². The summed E-state index contributed by atoms with van der Waals surface area (Å²) in [7, 11) is 0. The Bertz CT molecular complexity index is 425. The third-order valence-corrected chi connectivity index (χ3v) is 3.49. The SMILES string of the molecule is CCC(C)(C(C)=O)c1ccc2c(c1)OCO2. The van der Waals surface area contributed by atoms with Crippen LogP contribution in [0.1, 0.15) is 32.8 Å². The van der Waals surface area contributed by atoms with Crippen LogP contribution in [-0.2, 0) is 10.2 Å². The van der Waals surface area contributed by atoms with Crippen LogP contribution in [0.3, 0.4) is 0 Å². The Morgan fingerprint density at radius 1 is 1.38 bits per heavy atom. The molecular formula is C13H16O3. The molecule has 1 atom stereocenters. The van der Waals surface area contributed by atoms with E-state index >= 15 is 0 Å². The molecule has 0 fully saturated rings. The monoisotopic (exact) mass is 220 g/mol.